The second-order valence-electron chi connectivity index (χ2n) is 6.38. The van der Waals surface area contributed by atoms with Crippen LogP contribution in [0.1, 0.15) is 31.8 Å². The Hall–Kier alpha value is -3.45. The smallest absolute Gasteiger partial charge is 0.343 e. The van der Waals surface area contributed by atoms with Gasteiger partial charge in [0.25, 0.3) is 5.91 Å². The van der Waals surface area contributed by atoms with Crippen molar-refractivity contribution in [2.45, 2.75) is 6.92 Å². The summed E-state index contributed by atoms with van der Waals surface area (Å²) in [6.45, 7) is 1.91. The predicted molar refractivity (Wildman–Crippen MR) is 118 cm³/mol. The fraction of sp³-hybridized carbons (Fsp3) is 0.0870. The molecule has 30 heavy (non-hydrogen) atoms. The van der Waals surface area contributed by atoms with Gasteiger partial charge in [0.2, 0.25) is 0 Å². The molecular weight excluding hydrogens is 448 g/mol. The van der Waals surface area contributed by atoms with Crippen LogP contribution in [-0.4, -0.2) is 25.2 Å². The lowest BCUT2D eigenvalue weighted by molar-refractivity contribution is 0.0729. The summed E-state index contributed by atoms with van der Waals surface area (Å²) < 4.78 is 11.5. The Kier molecular flexibility index (Phi) is 6.98. The number of carbonyl (C=O) groups is 2. The molecule has 0 aliphatic rings. The molecule has 0 saturated heterocycles. The van der Waals surface area contributed by atoms with Gasteiger partial charge < -0.3 is 9.47 Å². The number of nitrogens with zero attached hydrogens (tertiary/aromatic N) is 1. The molecule has 0 heterocycles. The van der Waals surface area contributed by atoms with Gasteiger partial charge in [-0.2, -0.15) is 5.10 Å². The van der Waals surface area contributed by atoms with E-state index in [1.165, 1.54) is 13.3 Å². The minimum absolute atomic E-state index is 0.281. The van der Waals surface area contributed by atoms with Crippen LogP contribution in [0, 0.1) is 6.92 Å². The first kappa shape index (κ1) is 21.3. The number of ether oxygens (including phenoxy) is 2. The molecule has 0 bridgehead atoms. The van der Waals surface area contributed by atoms with Crippen molar-refractivity contribution in [3.8, 4) is 11.5 Å². The summed E-state index contributed by atoms with van der Waals surface area (Å²) in [6.07, 6.45) is 1.48. The lowest BCUT2D eigenvalue weighted by Crippen LogP contribution is -2.17. The Balaban J connectivity index is 1.68. The first-order valence-corrected chi connectivity index (χ1v) is 9.81. The van der Waals surface area contributed by atoms with Gasteiger partial charge >= 0.3 is 5.97 Å². The van der Waals surface area contributed by atoms with Gasteiger partial charge in [0, 0.05) is 10.0 Å². The highest BCUT2D eigenvalue weighted by atomic mass is 79.9. The van der Waals surface area contributed by atoms with Crippen molar-refractivity contribution >= 4 is 34.0 Å². The zero-order valence-electron chi connectivity index (χ0n) is 16.4. The second-order valence-corrected chi connectivity index (χ2v) is 7.29. The molecule has 0 radical (unpaired) electrons. The van der Waals surface area contributed by atoms with E-state index in [1.54, 1.807) is 48.5 Å². The predicted octanol–water partition coefficient (Wildman–Crippen LogP) is 4.75. The monoisotopic (exact) mass is 466 g/mol. The highest BCUT2D eigenvalue weighted by Crippen LogP contribution is 2.28. The van der Waals surface area contributed by atoms with Crippen LogP contribution in [-0.2, 0) is 0 Å². The third-order valence-corrected chi connectivity index (χ3v) is 4.60. The summed E-state index contributed by atoms with van der Waals surface area (Å²) in [5.74, 6) is -0.154. The number of halogens is 1. The minimum atomic E-state index is -0.499. The van der Waals surface area contributed by atoms with Gasteiger partial charge in [-0.05, 0) is 61.0 Å². The fourth-order valence-corrected chi connectivity index (χ4v) is 3.04. The van der Waals surface area contributed by atoms with Gasteiger partial charge in [-0.15, -0.1) is 0 Å². The van der Waals surface area contributed by atoms with Gasteiger partial charge in [-0.25, -0.2) is 10.2 Å². The van der Waals surface area contributed by atoms with Crippen LogP contribution < -0.4 is 14.9 Å². The number of rotatable bonds is 6. The van der Waals surface area contributed by atoms with Crippen LogP contribution in [0.3, 0.4) is 0 Å². The van der Waals surface area contributed by atoms with E-state index in [2.05, 4.69) is 26.5 Å². The molecule has 3 rings (SSSR count). The molecule has 1 amide bonds. The van der Waals surface area contributed by atoms with Crippen molar-refractivity contribution < 1.29 is 19.1 Å². The Morgan fingerprint density at radius 1 is 0.967 bits per heavy atom. The molecule has 152 valence electrons. The maximum atomic E-state index is 12.4. The van der Waals surface area contributed by atoms with Crippen LogP contribution in [0.25, 0.3) is 0 Å². The Labute approximate surface area is 182 Å². The summed E-state index contributed by atoms with van der Waals surface area (Å²) in [5, 5.41) is 3.98. The molecular formula is C23H19BrN2O4. The molecule has 0 saturated carbocycles. The van der Waals surface area contributed by atoms with E-state index in [0.29, 0.717) is 22.4 Å². The number of esters is 1. The van der Waals surface area contributed by atoms with Crippen LogP contribution in [0.15, 0.2) is 76.3 Å². The van der Waals surface area contributed by atoms with Crippen molar-refractivity contribution in [1.82, 2.24) is 5.43 Å². The van der Waals surface area contributed by atoms with Crippen molar-refractivity contribution in [3.05, 3.63) is 93.5 Å². The summed E-state index contributed by atoms with van der Waals surface area (Å²) in [7, 11) is 1.48. The summed E-state index contributed by atoms with van der Waals surface area (Å²) >= 11 is 3.33. The first-order valence-electron chi connectivity index (χ1n) is 9.02. The number of methoxy groups -OCH3 is 1. The second kappa shape index (κ2) is 9.84. The SMILES string of the molecule is COc1cc(/C=N/NC(=O)c2cccc(C)c2)ccc1OC(=O)c1cccc(Br)c1. The topological polar surface area (TPSA) is 77.0 Å². The van der Waals surface area contributed by atoms with Crippen molar-refractivity contribution in [3.63, 3.8) is 0 Å². The number of hydrogen-bond donors (Lipinski definition) is 1. The van der Waals surface area contributed by atoms with Gasteiger partial charge in [-0.1, -0.05) is 39.7 Å². The molecule has 1 N–H and O–H groups in total. The Bertz CT molecular complexity index is 1110. The number of hydrogen-bond acceptors (Lipinski definition) is 5. The maximum Gasteiger partial charge on any atom is 0.343 e. The Morgan fingerprint density at radius 3 is 2.47 bits per heavy atom. The Morgan fingerprint density at radius 2 is 1.73 bits per heavy atom. The molecule has 0 atom stereocenters. The van der Waals surface area contributed by atoms with E-state index in [0.717, 1.165) is 10.0 Å². The van der Waals surface area contributed by atoms with Crippen molar-refractivity contribution in [2.24, 2.45) is 5.10 Å². The number of nitrogens with one attached hydrogen (secondary N) is 1. The van der Waals surface area contributed by atoms with Gasteiger partial charge in [0.15, 0.2) is 11.5 Å². The molecule has 3 aromatic carbocycles. The fourth-order valence-electron chi connectivity index (χ4n) is 2.64. The number of hydrazone groups is 1. The highest BCUT2D eigenvalue weighted by Gasteiger charge is 2.13. The van der Waals surface area contributed by atoms with Crippen LogP contribution in [0.2, 0.25) is 0 Å². The van der Waals surface area contributed by atoms with E-state index in [1.807, 2.05) is 25.1 Å². The maximum absolute atomic E-state index is 12.4. The average molecular weight is 467 g/mol. The van der Waals surface area contributed by atoms with Gasteiger partial charge in [-0.3, -0.25) is 4.79 Å². The molecule has 3 aromatic rings. The standard InChI is InChI=1S/C23H19BrN2O4/c1-15-5-3-6-17(11-15)22(27)26-25-14-16-9-10-20(21(12-16)29-2)30-23(28)18-7-4-8-19(24)13-18/h3-14H,1-2H3,(H,26,27)/b25-14+. The van der Waals surface area contributed by atoms with E-state index in [9.17, 15) is 9.59 Å². The zero-order chi connectivity index (χ0) is 21.5. The first-order chi connectivity index (χ1) is 14.5. The molecule has 0 fully saturated rings. The molecule has 0 spiro atoms. The van der Waals surface area contributed by atoms with E-state index < -0.39 is 5.97 Å². The van der Waals surface area contributed by atoms with Gasteiger partial charge in [0.1, 0.15) is 0 Å². The zero-order valence-corrected chi connectivity index (χ0v) is 18.0. The van der Waals surface area contributed by atoms with Crippen molar-refractivity contribution in [1.29, 1.82) is 0 Å². The lowest BCUT2D eigenvalue weighted by atomic mass is 10.1. The molecule has 0 unspecified atom stereocenters. The molecule has 0 aliphatic heterocycles. The number of carbonyl (C=O) groups excluding carboxylic acids is 2. The van der Waals surface area contributed by atoms with Crippen molar-refractivity contribution in [2.75, 3.05) is 7.11 Å². The van der Waals surface area contributed by atoms with E-state index in [-0.39, 0.29) is 11.7 Å². The highest BCUT2D eigenvalue weighted by molar-refractivity contribution is 9.10. The average Bonchev–Trinajstić information content (AvgIpc) is 2.74. The summed E-state index contributed by atoms with van der Waals surface area (Å²) in [5.41, 5.74) is 5.08. The van der Waals surface area contributed by atoms with Crippen LogP contribution in [0.5, 0.6) is 11.5 Å². The van der Waals surface area contributed by atoms with E-state index >= 15 is 0 Å². The summed E-state index contributed by atoms with van der Waals surface area (Å²) in [4.78, 5) is 24.5. The third kappa shape index (κ3) is 5.55. The normalized spacial score (nSPS) is 10.6. The summed E-state index contributed by atoms with van der Waals surface area (Å²) in [6, 6.07) is 19.1. The molecule has 7 heteroatoms. The number of benzene rings is 3. The number of aryl methyl sites for hydroxylation is 1. The lowest BCUT2D eigenvalue weighted by Gasteiger charge is -2.10. The van der Waals surface area contributed by atoms with Crippen LogP contribution >= 0.6 is 15.9 Å². The molecule has 0 aliphatic carbocycles. The van der Waals surface area contributed by atoms with E-state index in [4.69, 9.17) is 9.47 Å². The minimum Gasteiger partial charge on any atom is -0.493 e. The third-order valence-electron chi connectivity index (χ3n) is 4.11. The molecule has 6 nitrogen and oxygen atoms in total. The molecule has 0 aromatic heterocycles. The largest absolute Gasteiger partial charge is 0.493 e. The quantitative estimate of drug-likeness (QED) is 0.246. The number of amides is 1. The van der Waals surface area contributed by atoms with Crippen LogP contribution in [0.4, 0.5) is 0 Å². The van der Waals surface area contributed by atoms with Gasteiger partial charge in [0.05, 0.1) is 18.9 Å².